The predicted octanol–water partition coefficient (Wildman–Crippen LogP) is 2.29. The molecule has 1 aromatic rings. The van der Waals surface area contributed by atoms with Crippen LogP contribution in [0.4, 0.5) is 10.1 Å². The van der Waals surface area contributed by atoms with Crippen molar-refractivity contribution in [2.45, 2.75) is 43.0 Å². The second kappa shape index (κ2) is 8.07. The Morgan fingerprint density at radius 3 is 2.97 bits per heavy atom. The quantitative estimate of drug-likeness (QED) is 0.436. The van der Waals surface area contributed by atoms with Gasteiger partial charge in [-0.15, -0.1) is 11.6 Å². The molecule has 3 aliphatic rings. The molecule has 2 unspecified atom stereocenters. The van der Waals surface area contributed by atoms with E-state index < -0.39 is 11.2 Å². The van der Waals surface area contributed by atoms with E-state index in [4.69, 9.17) is 16.3 Å². The number of hydrogen-bond donors (Lipinski definition) is 1. The van der Waals surface area contributed by atoms with Crippen LogP contribution in [0.5, 0.6) is 5.75 Å². The van der Waals surface area contributed by atoms with Crippen molar-refractivity contribution in [3.8, 4) is 5.75 Å². The number of carbonyl (C=O) groups excluding carboxylic acids is 3. The molecule has 9 heteroatoms. The number of halogens is 2. The number of anilines is 1. The topological polar surface area (TPSA) is 88.1 Å². The van der Waals surface area contributed by atoms with Gasteiger partial charge in [-0.1, -0.05) is 6.07 Å². The van der Waals surface area contributed by atoms with E-state index in [1.807, 2.05) is 6.92 Å². The molecule has 2 amide bonds. The van der Waals surface area contributed by atoms with Gasteiger partial charge < -0.3 is 19.7 Å². The number of aliphatic imine (C=N–C) groups is 1. The van der Waals surface area contributed by atoms with E-state index in [1.54, 1.807) is 25.4 Å². The van der Waals surface area contributed by atoms with Gasteiger partial charge in [-0.25, -0.2) is 4.39 Å². The van der Waals surface area contributed by atoms with E-state index in [-0.39, 0.29) is 48.6 Å². The molecule has 31 heavy (non-hydrogen) atoms. The van der Waals surface area contributed by atoms with Gasteiger partial charge in [0, 0.05) is 24.2 Å². The average molecular weight is 448 g/mol. The molecule has 1 N–H and O–H groups in total. The summed E-state index contributed by atoms with van der Waals surface area (Å²) in [5.74, 6) is -1.13. The molecule has 2 heterocycles. The minimum absolute atomic E-state index is 0.0373. The Bertz CT molecular complexity index is 1020. The lowest BCUT2D eigenvalue weighted by molar-refractivity contribution is -0.124. The molecule has 4 rings (SSSR count). The standard InChI is InChI=1S/C22H23ClFN3O4/c1-22(13-3-6-16-21(20(13)24)31-10-18(30)27(16)2)11-25-9-12-15(26-17(29)7-8-28)5-4-14(23)19(12)22/h3,6,8-9,14-15H,4-5,7,10-11H2,1-2H3,(H,26,29)/t14?,15?,22-/m1/s1. The number of alkyl halides is 1. The van der Waals surface area contributed by atoms with Gasteiger partial charge in [-0.05, 0) is 37.0 Å². The molecule has 0 saturated heterocycles. The third-order valence-electron chi connectivity index (χ3n) is 6.29. The number of rotatable bonds is 4. The first-order chi connectivity index (χ1) is 14.8. The van der Waals surface area contributed by atoms with E-state index in [0.717, 1.165) is 11.1 Å². The first-order valence-corrected chi connectivity index (χ1v) is 10.6. The van der Waals surface area contributed by atoms with Crippen molar-refractivity contribution in [2.75, 3.05) is 25.1 Å². The van der Waals surface area contributed by atoms with Crippen molar-refractivity contribution in [3.05, 3.63) is 34.7 Å². The molecule has 1 aliphatic carbocycles. The molecule has 0 aromatic heterocycles. The van der Waals surface area contributed by atoms with Gasteiger partial charge >= 0.3 is 0 Å². The number of hydrogen-bond acceptors (Lipinski definition) is 5. The van der Waals surface area contributed by atoms with Crippen LogP contribution in [-0.2, 0) is 19.8 Å². The number of fused-ring (bicyclic) bond motifs is 1. The van der Waals surface area contributed by atoms with Crippen LogP contribution >= 0.6 is 11.6 Å². The smallest absolute Gasteiger partial charge is 0.264 e. The van der Waals surface area contributed by atoms with Crippen molar-refractivity contribution in [3.63, 3.8) is 0 Å². The van der Waals surface area contributed by atoms with Gasteiger partial charge in [0.2, 0.25) is 5.91 Å². The summed E-state index contributed by atoms with van der Waals surface area (Å²) < 4.78 is 21.1. The number of likely N-dealkylation sites (N-methyl/N-ethyl adjacent to an activating group) is 1. The molecule has 0 bridgehead atoms. The second-order valence-corrected chi connectivity index (χ2v) is 8.75. The fraction of sp³-hybridized carbons (Fsp3) is 0.455. The molecule has 3 atom stereocenters. The normalized spacial score (nSPS) is 27.4. The fourth-order valence-corrected chi connectivity index (χ4v) is 5.16. The SMILES string of the molecule is CN1C(=O)COc2c1ccc([C@@]1(C)CN=CC3=C1C(Cl)CCC3NC(=O)CC=O)c2F. The Labute approximate surface area is 184 Å². The Balaban J connectivity index is 1.79. The molecule has 0 spiro atoms. The third kappa shape index (κ3) is 3.52. The monoisotopic (exact) mass is 447 g/mol. The van der Waals surface area contributed by atoms with Gasteiger partial charge in [-0.2, -0.15) is 0 Å². The van der Waals surface area contributed by atoms with Gasteiger partial charge in [0.25, 0.3) is 5.91 Å². The number of benzene rings is 1. The summed E-state index contributed by atoms with van der Waals surface area (Å²) >= 11 is 6.73. The molecular formula is C22H23ClFN3O4. The van der Waals surface area contributed by atoms with Gasteiger partial charge in [0.15, 0.2) is 18.2 Å². The van der Waals surface area contributed by atoms with Crippen molar-refractivity contribution in [1.29, 1.82) is 0 Å². The zero-order chi connectivity index (χ0) is 22.3. The van der Waals surface area contributed by atoms with E-state index in [9.17, 15) is 14.4 Å². The first-order valence-electron chi connectivity index (χ1n) is 10.1. The Morgan fingerprint density at radius 1 is 1.45 bits per heavy atom. The maximum Gasteiger partial charge on any atom is 0.264 e. The molecule has 1 aromatic carbocycles. The zero-order valence-electron chi connectivity index (χ0n) is 17.3. The minimum atomic E-state index is -0.854. The molecule has 164 valence electrons. The maximum atomic E-state index is 15.7. The molecular weight excluding hydrogens is 425 g/mol. The summed E-state index contributed by atoms with van der Waals surface area (Å²) in [5.41, 5.74) is 1.46. The van der Waals surface area contributed by atoms with Crippen LogP contribution in [0.1, 0.15) is 31.7 Å². The highest BCUT2D eigenvalue weighted by Crippen LogP contribution is 2.48. The van der Waals surface area contributed by atoms with Crippen LogP contribution in [0, 0.1) is 5.82 Å². The summed E-state index contributed by atoms with van der Waals surface area (Å²) in [4.78, 5) is 40.4. The van der Waals surface area contributed by atoms with Crippen molar-refractivity contribution in [2.24, 2.45) is 4.99 Å². The lowest BCUT2D eigenvalue weighted by Gasteiger charge is -2.43. The van der Waals surface area contributed by atoms with Crippen molar-refractivity contribution < 1.29 is 23.5 Å². The van der Waals surface area contributed by atoms with Crippen molar-refractivity contribution >= 4 is 41.6 Å². The molecule has 0 saturated carbocycles. The highest BCUT2D eigenvalue weighted by Gasteiger charge is 2.45. The highest BCUT2D eigenvalue weighted by molar-refractivity contribution is 6.23. The van der Waals surface area contributed by atoms with E-state index in [1.165, 1.54) is 4.90 Å². The fourth-order valence-electron chi connectivity index (χ4n) is 4.66. The first kappa shape index (κ1) is 21.5. The number of aldehydes is 1. The number of amides is 2. The average Bonchev–Trinajstić information content (AvgIpc) is 2.73. The van der Waals surface area contributed by atoms with Crippen LogP contribution < -0.4 is 15.0 Å². The van der Waals surface area contributed by atoms with Crippen LogP contribution in [0.3, 0.4) is 0 Å². The molecule has 2 aliphatic heterocycles. The molecule has 0 radical (unpaired) electrons. The summed E-state index contributed by atoms with van der Waals surface area (Å²) in [7, 11) is 1.58. The predicted molar refractivity (Wildman–Crippen MR) is 115 cm³/mol. The van der Waals surface area contributed by atoms with Gasteiger partial charge in [0.05, 0.1) is 30.1 Å². The van der Waals surface area contributed by atoms with Crippen molar-refractivity contribution in [1.82, 2.24) is 5.32 Å². The maximum absolute atomic E-state index is 15.7. The summed E-state index contributed by atoms with van der Waals surface area (Å²) in [6.07, 6.45) is 3.22. The third-order valence-corrected chi connectivity index (χ3v) is 6.73. The Morgan fingerprint density at radius 2 is 2.23 bits per heavy atom. The lowest BCUT2D eigenvalue weighted by Crippen LogP contribution is -2.47. The Kier molecular flexibility index (Phi) is 5.60. The second-order valence-electron chi connectivity index (χ2n) is 8.22. The molecule has 0 fully saturated rings. The van der Waals surface area contributed by atoms with Gasteiger partial charge in [-0.3, -0.25) is 14.6 Å². The number of ether oxygens (including phenoxy) is 1. The zero-order valence-corrected chi connectivity index (χ0v) is 18.0. The van der Waals surface area contributed by atoms with Crippen LogP contribution in [0.25, 0.3) is 0 Å². The van der Waals surface area contributed by atoms with Crippen LogP contribution in [0.15, 0.2) is 28.3 Å². The van der Waals surface area contributed by atoms with E-state index in [2.05, 4.69) is 10.3 Å². The molecule has 7 nitrogen and oxygen atoms in total. The summed E-state index contributed by atoms with van der Waals surface area (Å²) in [6, 6.07) is 2.97. The summed E-state index contributed by atoms with van der Waals surface area (Å²) in [6.45, 7) is 1.94. The van der Waals surface area contributed by atoms with Crippen LogP contribution in [-0.4, -0.2) is 55.9 Å². The van der Waals surface area contributed by atoms with Crippen LogP contribution in [0.2, 0.25) is 0 Å². The minimum Gasteiger partial charge on any atom is -0.478 e. The lowest BCUT2D eigenvalue weighted by atomic mass is 9.67. The summed E-state index contributed by atoms with van der Waals surface area (Å²) in [5, 5.41) is 2.51. The number of nitrogens with one attached hydrogen (secondary N) is 1. The van der Waals surface area contributed by atoms with E-state index >= 15 is 4.39 Å². The van der Waals surface area contributed by atoms with Gasteiger partial charge in [0.1, 0.15) is 6.29 Å². The highest BCUT2D eigenvalue weighted by atomic mass is 35.5. The largest absolute Gasteiger partial charge is 0.478 e. The number of carbonyl (C=O) groups is 3. The van der Waals surface area contributed by atoms with E-state index in [0.29, 0.717) is 30.4 Å². The Hall–Kier alpha value is -2.74. The number of dihydropyridines is 1. The number of nitrogens with zero attached hydrogens (tertiary/aromatic N) is 2.